The third-order valence-corrected chi connectivity index (χ3v) is 5.48. The third-order valence-electron chi connectivity index (χ3n) is 5.15. The number of aliphatic hydroxyl groups excluding tert-OH is 10. The van der Waals surface area contributed by atoms with E-state index in [-0.39, 0.29) is 32.1 Å². The van der Waals surface area contributed by atoms with E-state index < -0.39 is 68.1 Å². The lowest BCUT2D eigenvalue weighted by Crippen LogP contribution is -2.49. The van der Waals surface area contributed by atoms with Gasteiger partial charge in [-0.25, -0.2) is 4.98 Å². The minimum absolute atomic E-state index is 0.0172. The predicted molar refractivity (Wildman–Crippen MR) is 128 cm³/mol. The van der Waals surface area contributed by atoms with Crippen molar-refractivity contribution in [1.82, 2.24) is 14.9 Å². The zero-order valence-corrected chi connectivity index (χ0v) is 20.5. The van der Waals surface area contributed by atoms with Crippen LogP contribution in [0.1, 0.15) is 12.1 Å². The van der Waals surface area contributed by atoms with Gasteiger partial charge >= 0.3 is 0 Å². The van der Waals surface area contributed by atoms with Gasteiger partial charge in [-0.3, -0.25) is 9.88 Å². The van der Waals surface area contributed by atoms with Crippen molar-refractivity contribution in [2.75, 3.05) is 39.5 Å². The molecule has 1 heterocycles. The Morgan fingerprint density at radius 2 is 1.61 bits per heavy atom. The Morgan fingerprint density at radius 1 is 0.944 bits per heavy atom. The van der Waals surface area contributed by atoms with Crippen LogP contribution in [0.4, 0.5) is 0 Å². The molecule has 0 aromatic carbocycles. The fraction of sp³-hybridized carbons (Fsp3) is 0.714. The number of rotatable bonds is 18. The van der Waals surface area contributed by atoms with E-state index in [2.05, 4.69) is 22.6 Å². The first kappa shape index (κ1) is 32.4. The molecular weight excluding hydrogens is 502 g/mol. The number of ether oxygens (including phenoxy) is 1. The van der Waals surface area contributed by atoms with Crippen molar-refractivity contribution < 1.29 is 55.8 Å². The third kappa shape index (κ3) is 11.6. The summed E-state index contributed by atoms with van der Waals surface area (Å²) in [5.74, 6) is -0.161. The Hall–Kier alpha value is -1.63. The molecule has 0 unspecified atom stereocenters. The predicted octanol–water partition coefficient (Wildman–Crippen LogP) is -4.07. The van der Waals surface area contributed by atoms with Crippen LogP contribution in [0, 0.1) is 0 Å². The summed E-state index contributed by atoms with van der Waals surface area (Å²) in [5, 5.41) is 97.3. The van der Waals surface area contributed by atoms with Crippen molar-refractivity contribution in [2.24, 2.45) is 0 Å². The first-order chi connectivity index (χ1) is 17.0. The van der Waals surface area contributed by atoms with Crippen LogP contribution in [0.2, 0.25) is 0 Å². The van der Waals surface area contributed by atoms with Gasteiger partial charge in [0.1, 0.15) is 30.7 Å². The molecule has 10 N–H and O–H groups in total. The Morgan fingerprint density at radius 3 is 2.17 bits per heavy atom. The van der Waals surface area contributed by atoms with E-state index in [0.29, 0.717) is 11.4 Å². The van der Waals surface area contributed by atoms with E-state index >= 15 is 0 Å². The first-order valence-corrected chi connectivity index (χ1v) is 11.8. The monoisotopic (exact) mass is 539 g/mol. The van der Waals surface area contributed by atoms with Gasteiger partial charge in [0.05, 0.1) is 55.7 Å². The number of hydrogen-bond donors (Lipinski definition) is 11. The number of aromatic nitrogens is 2. The Balaban J connectivity index is 2.85. The molecule has 14 nitrogen and oxygen atoms in total. The molecule has 0 saturated heterocycles. The summed E-state index contributed by atoms with van der Waals surface area (Å²) < 4.78 is 5.49. The average molecular weight is 540 g/mol. The van der Waals surface area contributed by atoms with Crippen LogP contribution in [-0.4, -0.2) is 148 Å². The van der Waals surface area contributed by atoms with Crippen LogP contribution < -0.4 is 4.74 Å². The topological polar surface area (TPSA) is 241 Å². The fourth-order valence-electron chi connectivity index (χ4n) is 3.02. The molecule has 1 aromatic rings. The molecule has 1 rings (SSSR count). The summed E-state index contributed by atoms with van der Waals surface area (Å²) in [6.45, 7) is -2.06. The smallest absolute Gasteiger partial charge is 0.232 e. The highest BCUT2D eigenvalue weighted by Gasteiger charge is 2.29. The van der Waals surface area contributed by atoms with Gasteiger partial charge in [-0.2, -0.15) is 12.6 Å². The van der Waals surface area contributed by atoms with Crippen molar-refractivity contribution >= 4 is 12.6 Å². The van der Waals surface area contributed by atoms with Crippen molar-refractivity contribution in [3.05, 3.63) is 29.9 Å². The molecule has 208 valence electrons. The lowest BCUT2D eigenvalue weighted by atomic mass is 10.0. The molecule has 7 atom stereocenters. The van der Waals surface area contributed by atoms with Crippen LogP contribution in [-0.2, 0) is 5.75 Å². The Labute approximate surface area is 213 Å². The summed E-state index contributed by atoms with van der Waals surface area (Å²) in [5.41, 5.74) is 0.633. The van der Waals surface area contributed by atoms with Gasteiger partial charge in [-0.15, -0.1) is 0 Å². The van der Waals surface area contributed by atoms with Crippen molar-refractivity contribution in [3.63, 3.8) is 0 Å². The quantitative estimate of drug-likeness (QED) is 0.0628. The van der Waals surface area contributed by atoms with Crippen LogP contribution in [0.15, 0.2) is 24.2 Å². The number of thiol groups is 1. The van der Waals surface area contributed by atoms with Gasteiger partial charge in [0.15, 0.2) is 0 Å². The molecule has 0 aliphatic rings. The SMILES string of the molecule is OC[C@@H](O)C[C@@H](O)[C@H](O)[C@@H](O)CN(CCOc1cnc(CS)cn1)C[C@H](O)[C@@H](O)C=C(O)[C@H](O)CO. The molecule has 0 fully saturated rings. The van der Waals surface area contributed by atoms with Gasteiger partial charge in [-0.05, 0) is 6.08 Å². The fourth-order valence-corrected chi connectivity index (χ4v) is 3.18. The largest absolute Gasteiger partial charge is 0.510 e. The highest BCUT2D eigenvalue weighted by Crippen LogP contribution is 2.12. The second-order valence-corrected chi connectivity index (χ2v) is 8.47. The van der Waals surface area contributed by atoms with Gasteiger partial charge in [0.2, 0.25) is 5.88 Å². The molecule has 0 aliphatic heterocycles. The molecule has 0 radical (unpaired) electrons. The maximum atomic E-state index is 10.4. The second-order valence-electron chi connectivity index (χ2n) is 8.16. The van der Waals surface area contributed by atoms with E-state index in [9.17, 15) is 40.9 Å². The summed E-state index contributed by atoms with van der Waals surface area (Å²) in [4.78, 5) is 9.52. The Bertz CT molecular complexity index is 761. The molecular formula is C21H37N3O11S. The highest BCUT2D eigenvalue weighted by atomic mass is 32.1. The van der Waals surface area contributed by atoms with Crippen molar-refractivity contribution in [1.29, 1.82) is 0 Å². The summed E-state index contributed by atoms with van der Waals surface area (Å²) in [7, 11) is 0. The van der Waals surface area contributed by atoms with Crippen LogP contribution in [0.3, 0.4) is 0 Å². The van der Waals surface area contributed by atoms with Crippen molar-refractivity contribution in [3.8, 4) is 5.88 Å². The van der Waals surface area contributed by atoms with Crippen LogP contribution >= 0.6 is 12.6 Å². The molecule has 0 saturated carbocycles. The van der Waals surface area contributed by atoms with E-state index in [1.165, 1.54) is 17.3 Å². The molecule has 0 amide bonds. The number of hydrogen-bond acceptors (Lipinski definition) is 15. The van der Waals surface area contributed by atoms with Gasteiger partial charge < -0.3 is 55.8 Å². The molecule has 36 heavy (non-hydrogen) atoms. The summed E-state index contributed by atoms with van der Waals surface area (Å²) in [6, 6.07) is 0. The van der Waals surface area contributed by atoms with E-state index in [4.69, 9.17) is 14.9 Å². The maximum absolute atomic E-state index is 10.4. The summed E-state index contributed by atoms with van der Waals surface area (Å²) in [6.07, 6.45) is -7.76. The minimum atomic E-state index is -1.71. The standard InChI is InChI=1S/C21H37N3O11S/c25-9-13(27)3-16(30)21(34)18(32)8-24(1-2-35-20-6-22-12(11-36)5-23-20)7-17(31)14(28)4-15(29)19(33)10-26/h4-6,13-14,16-19,21,25-34,36H,1-3,7-11H2/t13-,14-,16+,17-,18-,19+,21-/m0/s1. The lowest BCUT2D eigenvalue weighted by molar-refractivity contribution is -0.0888. The van der Waals surface area contributed by atoms with Crippen molar-refractivity contribution in [2.45, 2.75) is 54.9 Å². The molecule has 15 heteroatoms. The summed E-state index contributed by atoms with van der Waals surface area (Å²) >= 11 is 4.08. The van der Waals surface area contributed by atoms with Gasteiger partial charge in [0.25, 0.3) is 0 Å². The maximum Gasteiger partial charge on any atom is 0.232 e. The molecule has 0 aliphatic carbocycles. The van der Waals surface area contributed by atoms with Gasteiger partial charge in [0, 0.05) is 31.8 Å². The highest BCUT2D eigenvalue weighted by molar-refractivity contribution is 7.79. The Kier molecular flexibility index (Phi) is 15.3. The second kappa shape index (κ2) is 17.0. The normalized spacial score (nSPS) is 18.4. The number of nitrogens with zero attached hydrogens (tertiary/aromatic N) is 3. The van der Waals surface area contributed by atoms with E-state index in [1.807, 2.05) is 0 Å². The lowest BCUT2D eigenvalue weighted by Gasteiger charge is -2.31. The van der Waals surface area contributed by atoms with Crippen LogP contribution in [0.25, 0.3) is 0 Å². The molecule has 0 spiro atoms. The minimum Gasteiger partial charge on any atom is -0.510 e. The van der Waals surface area contributed by atoms with Crippen LogP contribution in [0.5, 0.6) is 5.88 Å². The van der Waals surface area contributed by atoms with E-state index in [1.54, 1.807) is 0 Å². The zero-order valence-electron chi connectivity index (χ0n) is 19.6. The van der Waals surface area contributed by atoms with E-state index in [0.717, 1.165) is 6.08 Å². The average Bonchev–Trinajstić information content (AvgIpc) is 2.87. The zero-order chi connectivity index (χ0) is 27.3. The molecule has 0 bridgehead atoms. The van der Waals surface area contributed by atoms with Gasteiger partial charge in [-0.1, -0.05) is 0 Å². The molecule has 1 aromatic heterocycles. The number of aliphatic hydroxyl groups is 10. The first-order valence-electron chi connectivity index (χ1n) is 11.2.